The molecule has 0 spiro atoms. The predicted octanol–water partition coefficient (Wildman–Crippen LogP) is 2.05. The standard InChI is InChI=1S/C6H6ClNO2S/c1-4(9)11-6-2-5(3-7)8-10-6/h2H,3H2,1H3. The SMILES string of the molecule is CC(=O)Sc1cc(CCl)no1. The molecule has 1 rings (SSSR count). The molecule has 1 heterocycles. The van der Waals surface area contributed by atoms with Crippen molar-refractivity contribution in [3.05, 3.63) is 11.8 Å². The van der Waals surface area contributed by atoms with Gasteiger partial charge in [0.05, 0.1) is 11.6 Å². The Kier molecular flexibility index (Phi) is 2.96. The second-order valence-electron chi connectivity index (χ2n) is 1.86. The van der Waals surface area contributed by atoms with Crippen LogP contribution in [0.2, 0.25) is 0 Å². The molecule has 11 heavy (non-hydrogen) atoms. The number of rotatable bonds is 2. The molecule has 0 amide bonds. The maximum atomic E-state index is 10.6. The summed E-state index contributed by atoms with van der Waals surface area (Å²) in [6, 6.07) is 1.65. The van der Waals surface area contributed by atoms with Gasteiger partial charge in [0.2, 0.25) is 5.09 Å². The molecule has 0 saturated heterocycles. The summed E-state index contributed by atoms with van der Waals surface area (Å²) >= 11 is 6.47. The summed E-state index contributed by atoms with van der Waals surface area (Å²) in [5, 5.41) is 4.08. The minimum absolute atomic E-state index is 0.0257. The van der Waals surface area contributed by atoms with Gasteiger partial charge in [0.15, 0.2) is 5.12 Å². The van der Waals surface area contributed by atoms with Gasteiger partial charge in [-0.3, -0.25) is 4.79 Å². The van der Waals surface area contributed by atoms with E-state index < -0.39 is 0 Å². The number of carbonyl (C=O) groups excluding carboxylic acids is 1. The Bertz CT molecular complexity index is 261. The summed E-state index contributed by atoms with van der Waals surface area (Å²) < 4.78 is 4.77. The van der Waals surface area contributed by atoms with E-state index >= 15 is 0 Å². The molecule has 0 unspecified atom stereocenters. The maximum Gasteiger partial charge on any atom is 0.200 e. The average Bonchev–Trinajstić information content (AvgIpc) is 2.34. The zero-order valence-electron chi connectivity index (χ0n) is 5.83. The first-order chi connectivity index (χ1) is 5.22. The average molecular weight is 192 g/mol. The van der Waals surface area contributed by atoms with Crippen LogP contribution < -0.4 is 0 Å². The van der Waals surface area contributed by atoms with Gasteiger partial charge >= 0.3 is 0 Å². The lowest BCUT2D eigenvalue weighted by Crippen LogP contribution is -1.77. The topological polar surface area (TPSA) is 43.1 Å². The van der Waals surface area contributed by atoms with Crippen LogP contribution >= 0.6 is 23.4 Å². The van der Waals surface area contributed by atoms with E-state index in [9.17, 15) is 4.79 Å². The van der Waals surface area contributed by atoms with Crippen LogP contribution in [0.1, 0.15) is 12.6 Å². The fourth-order valence-corrected chi connectivity index (χ4v) is 1.22. The highest BCUT2D eigenvalue weighted by atomic mass is 35.5. The molecule has 60 valence electrons. The van der Waals surface area contributed by atoms with Crippen molar-refractivity contribution >= 4 is 28.5 Å². The highest BCUT2D eigenvalue weighted by Crippen LogP contribution is 2.19. The number of hydrogen-bond acceptors (Lipinski definition) is 4. The molecule has 0 aliphatic heterocycles. The molecule has 3 nitrogen and oxygen atoms in total. The molecule has 0 fully saturated rings. The Morgan fingerprint density at radius 1 is 1.91 bits per heavy atom. The number of nitrogens with zero attached hydrogens (tertiary/aromatic N) is 1. The van der Waals surface area contributed by atoms with Crippen LogP contribution in [0.25, 0.3) is 0 Å². The van der Waals surface area contributed by atoms with Crippen LogP contribution in [0.15, 0.2) is 15.7 Å². The van der Waals surface area contributed by atoms with Crippen molar-refractivity contribution in [2.75, 3.05) is 0 Å². The molecule has 0 N–H and O–H groups in total. The van der Waals surface area contributed by atoms with E-state index in [1.165, 1.54) is 6.92 Å². The molecular formula is C6H6ClNO2S. The van der Waals surface area contributed by atoms with Gasteiger partial charge in [-0.1, -0.05) is 5.16 Å². The van der Waals surface area contributed by atoms with E-state index in [1.807, 2.05) is 0 Å². The van der Waals surface area contributed by atoms with Crippen molar-refractivity contribution in [3.63, 3.8) is 0 Å². The fourth-order valence-electron chi connectivity index (χ4n) is 0.545. The summed E-state index contributed by atoms with van der Waals surface area (Å²) in [7, 11) is 0. The summed E-state index contributed by atoms with van der Waals surface area (Å²) in [6.07, 6.45) is 0. The monoisotopic (exact) mass is 191 g/mol. The largest absolute Gasteiger partial charge is 0.349 e. The Balaban J connectivity index is 2.65. The normalized spacial score (nSPS) is 10.0. The number of aromatic nitrogens is 1. The van der Waals surface area contributed by atoms with Gasteiger partial charge in [0, 0.05) is 13.0 Å². The van der Waals surface area contributed by atoms with Crippen LogP contribution in [0.5, 0.6) is 0 Å². The molecule has 0 bridgehead atoms. The van der Waals surface area contributed by atoms with Crippen molar-refractivity contribution in [1.29, 1.82) is 0 Å². The Hall–Kier alpha value is -0.480. The Morgan fingerprint density at radius 3 is 3.09 bits per heavy atom. The zero-order valence-corrected chi connectivity index (χ0v) is 7.41. The second kappa shape index (κ2) is 3.78. The van der Waals surface area contributed by atoms with Crippen molar-refractivity contribution < 1.29 is 9.32 Å². The van der Waals surface area contributed by atoms with Gasteiger partial charge in [0.25, 0.3) is 0 Å². The quantitative estimate of drug-likeness (QED) is 0.530. The van der Waals surface area contributed by atoms with Gasteiger partial charge in [0.1, 0.15) is 0 Å². The molecular weight excluding hydrogens is 186 g/mol. The van der Waals surface area contributed by atoms with E-state index in [2.05, 4.69) is 5.16 Å². The molecule has 0 aliphatic rings. The van der Waals surface area contributed by atoms with E-state index in [1.54, 1.807) is 6.07 Å². The minimum atomic E-state index is -0.0257. The van der Waals surface area contributed by atoms with Crippen molar-refractivity contribution in [2.24, 2.45) is 0 Å². The highest BCUT2D eigenvalue weighted by Gasteiger charge is 2.05. The lowest BCUT2D eigenvalue weighted by atomic mass is 10.5. The van der Waals surface area contributed by atoms with Crippen molar-refractivity contribution in [1.82, 2.24) is 5.16 Å². The van der Waals surface area contributed by atoms with E-state index in [4.69, 9.17) is 16.1 Å². The van der Waals surface area contributed by atoms with Gasteiger partial charge in [-0.2, -0.15) is 0 Å². The number of carbonyl (C=O) groups is 1. The molecule has 1 aromatic rings. The Labute approximate surface area is 73.1 Å². The van der Waals surface area contributed by atoms with Crippen molar-refractivity contribution in [3.8, 4) is 0 Å². The van der Waals surface area contributed by atoms with Crippen LogP contribution in [0.3, 0.4) is 0 Å². The lowest BCUT2D eigenvalue weighted by molar-refractivity contribution is -0.109. The van der Waals surface area contributed by atoms with E-state index in [0.717, 1.165) is 11.8 Å². The Morgan fingerprint density at radius 2 is 2.64 bits per heavy atom. The molecule has 0 saturated carbocycles. The number of thioether (sulfide) groups is 1. The first-order valence-electron chi connectivity index (χ1n) is 2.92. The zero-order chi connectivity index (χ0) is 8.27. The maximum absolute atomic E-state index is 10.6. The summed E-state index contributed by atoms with van der Waals surface area (Å²) in [6.45, 7) is 1.47. The van der Waals surface area contributed by atoms with Crippen LogP contribution in [-0.2, 0) is 10.7 Å². The second-order valence-corrected chi connectivity index (χ2v) is 3.31. The molecule has 0 atom stereocenters. The highest BCUT2D eigenvalue weighted by molar-refractivity contribution is 8.13. The van der Waals surface area contributed by atoms with Gasteiger partial charge < -0.3 is 4.52 Å². The molecule has 0 radical (unpaired) electrons. The first-order valence-corrected chi connectivity index (χ1v) is 4.27. The third kappa shape index (κ3) is 2.55. The van der Waals surface area contributed by atoms with Gasteiger partial charge in [-0.05, 0) is 11.8 Å². The minimum Gasteiger partial charge on any atom is -0.349 e. The molecule has 5 heteroatoms. The van der Waals surface area contributed by atoms with Gasteiger partial charge in [-0.15, -0.1) is 11.6 Å². The first kappa shape index (κ1) is 8.62. The summed E-state index contributed by atoms with van der Waals surface area (Å²) in [5.74, 6) is 0.308. The van der Waals surface area contributed by atoms with Crippen LogP contribution in [-0.4, -0.2) is 10.3 Å². The number of halogens is 1. The van der Waals surface area contributed by atoms with Crippen molar-refractivity contribution in [2.45, 2.75) is 17.9 Å². The number of hydrogen-bond donors (Lipinski definition) is 0. The van der Waals surface area contributed by atoms with Crippen LogP contribution in [0, 0.1) is 0 Å². The third-order valence-electron chi connectivity index (χ3n) is 0.919. The summed E-state index contributed by atoms with van der Waals surface area (Å²) in [5.41, 5.74) is 0.649. The smallest absolute Gasteiger partial charge is 0.200 e. The van der Waals surface area contributed by atoms with Crippen LogP contribution in [0.4, 0.5) is 0 Å². The summed E-state index contributed by atoms with van der Waals surface area (Å²) in [4.78, 5) is 10.6. The predicted molar refractivity (Wildman–Crippen MR) is 42.6 cm³/mol. The lowest BCUT2D eigenvalue weighted by Gasteiger charge is -1.83. The van der Waals surface area contributed by atoms with E-state index in [0.29, 0.717) is 16.7 Å². The molecule has 1 aromatic heterocycles. The molecule has 0 aliphatic carbocycles. The number of alkyl halides is 1. The molecule has 0 aromatic carbocycles. The van der Waals surface area contributed by atoms with E-state index in [-0.39, 0.29) is 5.12 Å². The van der Waals surface area contributed by atoms with Gasteiger partial charge in [-0.25, -0.2) is 0 Å². The fraction of sp³-hybridized carbons (Fsp3) is 0.333. The third-order valence-corrected chi connectivity index (χ3v) is 1.87.